The SMILES string of the molecule is CCc1cnc(CNC(=O)c2ccc(C(=O)O)s2)s1. The first kappa shape index (κ1) is 13.7. The highest BCUT2D eigenvalue weighted by atomic mass is 32.1. The fourth-order valence-corrected chi connectivity index (χ4v) is 2.97. The van der Waals surface area contributed by atoms with Crippen molar-refractivity contribution in [3.8, 4) is 0 Å². The molecule has 2 aromatic rings. The average Bonchev–Trinajstić information content (AvgIpc) is 3.04. The molecule has 7 heteroatoms. The summed E-state index contributed by atoms with van der Waals surface area (Å²) in [6.45, 7) is 2.42. The maximum Gasteiger partial charge on any atom is 0.345 e. The van der Waals surface area contributed by atoms with Crippen LogP contribution in [-0.2, 0) is 13.0 Å². The predicted octanol–water partition coefficient (Wildman–Crippen LogP) is 2.40. The third-order valence-corrected chi connectivity index (χ3v) is 4.60. The monoisotopic (exact) mass is 296 g/mol. The van der Waals surface area contributed by atoms with Crippen molar-refractivity contribution in [1.29, 1.82) is 0 Å². The lowest BCUT2D eigenvalue weighted by Gasteiger charge is -1.99. The molecule has 0 saturated carbocycles. The molecule has 0 atom stereocenters. The van der Waals surface area contributed by atoms with Crippen molar-refractivity contribution >= 4 is 34.6 Å². The summed E-state index contributed by atoms with van der Waals surface area (Å²) in [4.78, 5) is 28.5. The number of aromatic carboxylic acids is 1. The third-order valence-electron chi connectivity index (χ3n) is 2.39. The Balaban J connectivity index is 1.95. The van der Waals surface area contributed by atoms with Crippen LogP contribution in [0.25, 0.3) is 0 Å². The molecule has 1 amide bonds. The fraction of sp³-hybridized carbons (Fsp3) is 0.250. The van der Waals surface area contributed by atoms with Gasteiger partial charge in [0, 0.05) is 11.1 Å². The number of amides is 1. The molecule has 0 radical (unpaired) electrons. The van der Waals surface area contributed by atoms with E-state index in [9.17, 15) is 9.59 Å². The maximum atomic E-state index is 11.8. The number of thiazole rings is 1. The molecule has 5 nitrogen and oxygen atoms in total. The van der Waals surface area contributed by atoms with E-state index in [2.05, 4.69) is 17.2 Å². The summed E-state index contributed by atoms with van der Waals surface area (Å²) in [7, 11) is 0. The summed E-state index contributed by atoms with van der Waals surface area (Å²) in [6.07, 6.45) is 2.73. The number of aryl methyl sites for hydroxylation is 1. The number of carboxylic acids is 1. The number of thiophene rings is 1. The number of hydrogen-bond acceptors (Lipinski definition) is 5. The topological polar surface area (TPSA) is 79.3 Å². The summed E-state index contributed by atoms with van der Waals surface area (Å²) in [5, 5.41) is 12.4. The minimum absolute atomic E-state index is 0.160. The second-order valence-electron chi connectivity index (χ2n) is 3.73. The van der Waals surface area contributed by atoms with Gasteiger partial charge in [-0.05, 0) is 18.6 Å². The van der Waals surface area contributed by atoms with Gasteiger partial charge in [-0.25, -0.2) is 9.78 Å². The van der Waals surface area contributed by atoms with E-state index in [-0.39, 0.29) is 10.8 Å². The van der Waals surface area contributed by atoms with Crippen LogP contribution in [-0.4, -0.2) is 22.0 Å². The summed E-state index contributed by atoms with van der Waals surface area (Å²) in [5.74, 6) is -1.29. The molecule has 100 valence electrons. The van der Waals surface area contributed by atoms with Gasteiger partial charge >= 0.3 is 5.97 Å². The Morgan fingerprint density at radius 3 is 2.63 bits per heavy atom. The van der Waals surface area contributed by atoms with Gasteiger partial charge < -0.3 is 10.4 Å². The Morgan fingerprint density at radius 2 is 2.05 bits per heavy atom. The number of carboxylic acid groups (broad SMARTS) is 1. The van der Waals surface area contributed by atoms with Crippen molar-refractivity contribution in [3.05, 3.63) is 38.0 Å². The highest BCUT2D eigenvalue weighted by Crippen LogP contribution is 2.17. The van der Waals surface area contributed by atoms with Crippen LogP contribution < -0.4 is 5.32 Å². The summed E-state index contributed by atoms with van der Waals surface area (Å²) in [6, 6.07) is 2.95. The van der Waals surface area contributed by atoms with Crippen LogP contribution in [0.1, 0.15) is 36.2 Å². The standard InChI is InChI=1S/C12H12N2O3S2/c1-2-7-5-13-10(18-7)6-14-11(15)8-3-4-9(19-8)12(16)17/h3-5H,2,6H2,1H3,(H,14,15)(H,16,17). The molecule has 2 heterocycles. The molecule has 0 aliphatic carbocycles. The Labute approximate surface area is 117 Å². The second kappa shape index (κ2) is 5.94. The molecule has 0 aliphatic rings. The fourth-order valence-electron chi connectivity index (χ4n) is 1.41. The zero-order chi connectivity index (χ0) is 13.8. The lowest BCUT2D eigenvalue weighted by molar-refractivity contribution is 0.0702. The molecule has 0 fully saturated rings. The largest absolute Gasteiger partial charge is 0.477 e. The van der Waals surface area contributed by atoms with Crippen LogP contribution in [0.4, 0.5) is 0 Å². The van der Waals surface area contributed by atoms with Crippen molar-refractivity contribution in [2.24, 2.45) is 0 Å². The molecule has 0 aliphatic heterocycles. The number of carbonyl (C=O) groups is 2. The van der Waals surface area contributed by atoms with E-state index < -0.39 is 5.97 Å². The average molecular weight is 296 g/mol. The van der Waals surface area contributed by atoms with Crippen LogP contribution in [0.3, 0.4) is 0 Å². The van der Waals surface area contributed by atoms with E-state index in [1.54, 1.807) is 17.5 Å². The van der Waals surface area contributed by atoms with Crippen molar-refractivity contribution in [3.63, 3.8) is 0 Å². The molecule has 2 aromatic heterocycles. The van der Waals surface area contributed by atoms with Gasteiger partial charge in [-0.1, -0.05) is 6.92 Å². The van der Waals surface area contributed by atoms with Gasteiger partial charge in [-0.3, -0.25) is 4.79 Å². The minimum Gasteiger partial charge on any atom is -0.477 e. The van der Waals surface area contributed by atoms with Crippen LogP contribution in [0, 0.1) is 0 Å². The predicted molar refractivity (Wildman–Crippen MR) is 73.9 cm³/mol. The van der Waals surface area contributed by atoms with E-state index in [0.717, 1.165) is 22.8 Å². The van der Waals surface area contributed by atoms with Crippen molar-refractivity contribution in [1.82, 2.24) is 10.3 Å². The number of nitrogens with one attached hydrogen (secondary N) is 1. The first-order valence-corrected chi connectivity index (χ1v) is 7.28. The van der Waals surface area contributed by atoms with Crippen molar-refractivity contribution in [2.75, 3.05) is 0 Å². The molecule has 2 rings (SSSR count). The van der Waals surface area contributed by atoms with Crippen LogP contribution in [0.2, 0.25) is 0 Å². The summed E-state index contributed by atoms with van der Waals surface area (Å²) >= 11 is 2.53. The zero-order valence-electron chi connectivity index (χ0n) is 10.2. The lowest BCUT2D eigenvalue weighted by Crippen LogP contribution is -2.21. The van der Waals surface area contributed by atoms with Crippen molar-refractivity contribution < 1.29 is 14.7 Å². The smallest absolute Gasteiger partial charge is 0.345 e. The van der Waals surface area contributed by atoms with Gasteiger partial charge in [-0.15, -0.1) is 22.7 Å². The molecule has 2 N–H and O–H groups in total. The van der Waals surface area contributed by atoms with E-state index in [1.165, 1.54) is 17.0 Å². The number of rotatable bonds is 5. The molecule has 0 bridgehead atoms. The molecule has 0 aromatic carbocycles. The van der Waals surface area contributed by atoms with E-state index in [4.69, 9.17) is 5.11 Å². The van der Waals surface area contributed by atoms with Gasteiger partial charge in [0.25, 0.3) is 5.91 Å². The second-order valence-corrected chi connectivity index (χ2v) is 6.01. The molecular weight excluding hydrogens is 284 g/mol. The molecule has 19 heavy (non-hydrogen) atoms. The van der Waals surface area contributed by atoms with Gasteiger partial charge in [0.1, 0.15) is 9.88 Å². The van der Waals surface area contributed by atoms with Crippen LogP contribution in [0.15, 0.2) is 18.3 Å². The van der Waals surface area contributed by atoms with Gasteiger partial charge in [0.15, 0.2) is 0 Å². The zero-order valence-corrected chi connectivity index (χ0v) is 11.8. The first-order chi connectivity index (χ1) is 9.10. The molecule has 0 spiro atoms. The number of carbonyl (C=O) groups excluding carboxylic acids is 1. The minimum atomic E-state index is -1.02. The number of nitrogens with zero attached hydrogens (tertiary/aromatic N) is 1. The number of aromatic nitrogens is 1. The summed E-state index contributed by atoms with van der Waals surface area (Å²) < 4.78 is 0. The van der Waals surface area contributed by atoms with Gasteiger partial charge in [0.2, 0.25) is 0 Å². The Kier molecular flexibility index (Phi) is 4.28. The van der Waals surface area contributed by atoms with Gasteiger partial charge in [-0.2, -0.15) is 0 Å². The van der Waals surface area contributed by atoms with Crippen molar-refractivity contribution in [2.45, 2.75) is 19.9 Å². The highest BCUT2D eigenvalue weighted by Gasteiger charge is 2.13. The number of hydrogen-bond donors (Lipinski definition) is 2. The highest BCUT2D eigenvalue weighted by molar-refractivity contribution is 7.15. The van der Waals surface area contributed by atoms with Gasteiger partial charge in [0.05, 0.1) is 11.4 Å². The summed E-state index contributed by atoms with van der Waals surface area (Å²) in [5.41, 5.74) is 0. The normalized spacial score (nSPS) is 10.4. The van der Waals surface area contributed by atoms with E-state index >= 15 is 0 Å². The van der Waals surface area contributed by atoms with Crippen LogP contribution in [0.5, 0.6) is 0 Å². The quantitative estimate of drug-likeness (QED) is 0.888. The third kappa shape index (κ3) is 3.39. The molecular formula is C12H12N2O3S2. The van der Waals surface area contributed by atoms with E-state index in [1.807, 2.05) is 0 Å². The molecule has 0 unspecified atom stereocenters. The Bertz CT molecular complexity index is 604. The first-order valence-electron chi connectivity index (χ1n) is 5.65. The Morgan fingerprint density at radius 1 is 1.32 bits per heavy atom. The maximum absolute atomic E-state index is 11.8. The lowest BCUT2D eigenvalue weighted by atomic mass is 10.4. The Hall–Kier alpha value is -1.73. The van der Waals surface area contributed by atoms with Crippen LogP contribution >= 0.6 is 22.7 Å². The molecule has 0 saturated heterocycles. The van der Waals surface area contributed by atoms with E-state index in [0.29, 0.717) is 11.4 Å².